The van der Waals surface area contributed by atoms with Gasteiger partial charge in [-0.25, -0.2) is 4.79 Å². The van der Waals surface area contributed by atoms with Gasteiger partial charge >= 0.3 is 5.97 Å². The fourth-order valence-electron chi connectivity index (χ4n) is 3.77. The predicted octanol–water partition coefficient (Wildman–Crippen LogP) is 4.61. The van der Waals surface area contributed by atoms with Gasteiger partial charge in [0.05, 0.1) is 0 Å². The van der Waals surface area contributed by atoms with Gasteiger partial charge in [0.25, 0.3) is 5.91 Å². The zero-order valence-electron chi connectivity index (χ0n) is 17.7. The molecule has 1 amide bonds. The Bertz CT molecular complexity index is 890. The van der Waals surface area contributed by atoms with E-state index < -0.39 is 12.1 Å². The maximum atomic E-state index is 12.9. The first kappa shape index (κ1) is 20.9. The maximum Gasteiger partial charge on any atom is 0.331 e. The van der Waals surface area contributed by atoms with E-state index in [9.17, 15) is 9.59 Å². The van der Waals surface area contributed by atoms with E-state index in [4.69, 9.17) is 4.74 Å². The van der Waals surface area contributed by atoms with E-state index in [2.05, 4.69) is 24.5 Å². The molecular weight excluding hydrogens is 364 g/mol. The molecule has 0 N–H and O–H groups in total. The van der Waals surface area contributed by atoms with E-state index >= 15 is 0 Å². The number of carbonyl (C=O) groups is 2. The molecule has 5 heteroatoms. The molecule has 1 aliphatic rings. The highest BCUT2D eigenvalue weighted by Gasteiger charge is 2.28. The SMILES string of the molecule is CCN(CC)C(=O)[C@@H](OC(=O)/C=C/c1cc(C)n(C2CC2)c1C)c1ccccc1. The minimum atomic E-state index is -0.938. The van der Waals surface area contributed by atoms with Gasteiger partial charge in [-0.15, -0.1) is 0 Å². The summed E-state index contributed by atoms with van der Waals surface area (Å²) in [5.74, 6) is -0.717. The number of rotatable bonds is 8. The Labute approximate surface area is 173 Å². The Morgan fingerprint density at radius 2 is 1.83 bits per heavy atom. The summed E-state index contributed by atoms with van der Waals surface area (Å²) in [4.78, 5) is 27.2. The Morgan fingerprint density at radius 3 is 2.41 bits per heavy atom. The van der Waals surface area contributed by atoms with Crippen molar-refractivity contribution >= 4 is 18.0 Å². The van der Waals surface area contributed by atoms with Crippen LogP contribution in [0.1, 0.15) is 61.3 Å². The standard InChI is InChI=1S/C24H30N2O3/c1-5-25(6-2)24(28)23(19-10-8-7-9-11-19)29-22(27)15-12-20-16-17(3)26(18(20)4)21-13-14-21/h7-12,15-16,21,23H,5-6,13-14H2,1-4H3/b15-12+/t23-/m0/s1. The van der Waals surface area contributed by atoms with Crippen molar-refractivity contribution in [2.24, 2.45) is 0 Å². The molecule has 1 atom stereocenters. The van der Waals surface area contributed by atoms with Gasteiger partial charge in [0, 0.05) is 42.2 Å². The summed E-state index contributed by atoms with van der Waals surface area (Å²) in [5.41, 5.74) is 4.06. The molecule has 154 valence electrons. The summed E-state index contributed by atoms with van der Waals surface area (Å²) in [7, 11) is 0. The highest BCUT2D eigenvalue weighted by Crippen LogP contribution is 2.38. The van der Waals surface area contributed by atoms with Gasteiger partial charge in [-0.2, -0.15) is 0 Å². The van der Waals surface area contributed by atoms with Crippen molar-refractivity contribution in [1.29, 1.82) is 0 Å². The third kappa shape index (κ3) is 4.78. The van der Waals surface area contributed by atoms with Crippen molar-refractivity contribution in [2.75, 3.05) is 13.1 Å². The van der Waals surface area contributed by atoms with E-state index in [0.717, 1.165) is 11.3 Å². The molecule has 1 saturated carbocycles. The fourth-order valence-corrected chi connectivity index (χ4v) is 3.77. The summed E-state index contributed by atoms with van der Waals surface area (Å²) in [6.45, 7) is 9.14. The topological polar surface area (TPSA) is 51.5 Å². The van der Waals surface area contributed by atoms with Crippen LogP contribution in [0.3, 0.4) is 0 Å². The van der Waals surface area contributed by atoms with E-state index in [0.29, 0.717) is 24.7 Å². The minimum absolute atomic E-state index is 0.199. The van der Waals surface area contributed by atoms with Crippen molar-refractivity contribution < 1.29 is 14.3 Å². The van der Waals surface area contributed by atoms with Crippen LogP contribution >= 0.6 is 0 Å². The van der Waals surface area contributed by atoms with Gasteiger partial charge in [0.2, 0.25) is 6.10 Å². The van der Waals surface area contributed by atoms with Crippen molar-refractivity contribution in [1.82, 2.24) is 9.47 Å². The predicted molar refractivity (Wildman–Crippen MR) is 114 cm³/mol. The Morgan fingerprint density at radius 1 is 1.17 bits per heavy atom. The molecule has 0 bridgehead atoms. The molecule has 0 aliphatic heterocycles. The summed E-state index contributed by atoms with van der Waals surface area (Å²) in [6, 6.07) is 11.9. The first-order valence-electron chi connectivity index (χ1n) is 10.4. The second kappa shape index (κ2) is 9.12. The molecule has 0 saturated heterocycles. The number of nitrogens with zero attached hydrogens (tertiary/aromatic N) is 2. The van der Waals surface area contributed by atoms with Crippen LogP contribution in [-0.4, -0.2) is 34.4 Å². The zero-order chi connectivity index (χ0) is 21.0. The van der Waals surface area contributed by atoms with Crippen LogP contribution in [0, 0.1) is 13.8 Å². The number of benzene rings is 1. The quantitative estimate of drug-likeness (QED) is 0.485. The molecule has 2 aromatic rings. The van der Waals surface area contributed by atoms with Crippen LogP contribution in [0.25, 0.3) is 6.08 Å². The van der Waals surface area contributed by atoms with Gasteiger partial charge < -0.3 is 14.2 Å². The van der Waals surface area contributed by atoms with Gasteiger partial charge in [-0.3, -0.25) is 4.79 Å². The smallest absolute Gasteiger partial charge is 0.331 e. The lowest BCUT2D eigenvalue weighted by atomic mass is 10.1. The number of aryl methyl sites for hydroxylation is 1. The molecule has 3 rings (SSSR count). The second-order valence-electron chi connectivity index (χ2n) is 7.50. The van der Waals surface area contributed by atoms with Crippen LogP contribution in [0.15, 0.2) is 42.5 Å². The largest absolute Gasteiger partial charge is 0.444 e. The number of amides is 1. The monoisotopic (exact) mass is 394 g/mol. The number of likely N-dealkylation sites (N-methyl/N-ethyl adjacent to an activating group) is 1. The lowest BCUT2D eigenvalue weighted by Crippen LogP contribution is -2.36. The lowest BCUT2D eigenvalue weighted by molar-refractivity contribution is -0.157. The van der Waals surface area contributed by atoms with E-state index in [-0.39, 0.29) is 5.91 Å². The lowest BCUT2D eigenvalue weighted by Gasteiger charge is -2.25. The number of ether oxygens (including phenoxy) is 1. The molecule has 1 aliphatic carbocycles. The Hall–Kier alpha value is -2.82. The first-order valence-corrected chi connectivity index (χ1v) is 10.4. The van der Waals surface area contributed by atoms with Gasteiger partial charge in [0.1, 0.15) is 0 Å². The summed E-state index contributed by atoms with van der Waals surface area (Å²) in [5, 5.41) is 0. The number of carbonyl (C=O) groups excluding carboxylic acids is 2. The van der Waals surface area contributed by atoms with Crippen LogP contribution < -0.4 is 0 Å². The highest BCUT2D eigenvalue weighted by molar-refractivity contribution is 5.91. The molecule has 5 nitrogen and oxygen atoms in total. The fraction of sp³-hybridized carbons (Fsp3) is 0.417. The summed E-state index contributed by atoms with van der Waals surface area (Å²) in [6.07, 6.45) is 4.70. The molecule has 29 heavy (non-hydrogen) atoms. The van der Waals surface area contributed by atoms with Crippen LogP contribution in [0.2, 0.25) is 0 Å². The van der Waals surface area contributed by atoms with Crippen LogP contribution in [0.4, 0.5) is 0 Å². The third-order valence-electron chi connectivity index (χ3n) is 5.47. The third-order valence-corrected chi connectivity index (χ3v) is 5.47. The number of hydrogen-bond acceptors (Lipinski definition) is 3. The number of aromatic nitrogens is 1. The average Bonchev–Trinajstić information content (AvgIpc) is 3.51. The highest BCUT2D eigenvalue weighted by atomic mass is 16.5. The summed E-state index contributed by atoms with van der Waals surface area (Å²) >= 11 is 0. The van der Waals surface area contributed by atoms with Gasteiger partial charge in [-0.1, -0.05) is 30.3 Å². The van der Waals surface area contributed by atoms with Gasteiger partial charge in [-0.05, 0) is 58.2 Å². The van der Waals surface area contributed by atoms with E-state index in [1.165, 1.54) is 24.6 Å². The zero-order valence-corrected chi connectivity index (χ0v) is 17.7. The molecule has 1 aromatic heterocycles. The maximum absolute atomic E-state index is 12.9. The molecule has 0 spiro atoms. The molecule has 0 radical (unpaired) electrons. The second-order valence-corrected chi connectivity index (χ2v) is 7.50. The Balaban J connectivity index is 1.77. The van der Waals surface area contributed by atoms with Crippen LogP contribution in [-0.2, 0) is 14.3 Å². The minimum Gasteiger partial charge on any atom is -0.444 e. The summed E-state index contributed by atoms with van der Waals surface area (Å²) < 4.78 is 7.95. The Kier molecular flexibility index (Phi) is 6.57. The molecule has 1 aromatic carbocycles. The van der Waals surface area contributed by atoms with Gasteiger partial charge in [0.15, 0.2) is 0 Å². The molecule has 1 fully saturated rings. The molecule has 1 heterocycles. The average molecular weight is 395 g/mol. The van der Waals surface area contributed by atoms with Crippen LogP contribution in [0.5, 0.6) is 0 Å². The number of esters is 1. The normalized spacial score (nSPS) is 14.8. The molecular formula is C24H30N2O3. The number of hydrogen-bond donors (Lipinski definition) is 0. The van der Waals surface area contributed by atoms with E-state index in [1.807, 2.05) is 44.2 Å². The first-order chi connectivity index (χ1) is 14.0. The molecule has 0 unspecified atom stereocenters. The van der Waals surface area contributed by atoms with Crippen molar-refractivity contribution in [3.8, 4) is 0 Å². The van der Waals surface area contributed by atoms with E-state index in [1.54, 1.807) is 11.0 Å². The van der Waals surface area contributed by atoms with Crippen molar-refractivity contribution in [3.63, 3.8) is 0 Å². The van der Waals surface area contributed by atoms with Crippen molar-refractivity contribution in [3.05, 3.63) is 65.0 Å². The van der Waals surface area contributed by atoms with Crippen molar-refractivity contribution in [2.45, 2.75) is 52.7 Å².